The van der Waals surface area contributed by atoms with Gasteiger partial charge in [0.1, 0.15) is 0 Å². The molecule has 0 atom stereocenters. The number of rotatable bonds is 2. The van der Waals surface area contributed by atoms with Crippen molar-refractivity contribution < 1.29 is 4.43 Å². The molecule has 3 nitrogen and oxygen atoms in total. The summed E-state index contributed by atoms with van der Waals surface area (Å²) < 4.78 is 5.70. The summed E-state index contributed by atoms with van der Waals surface area (Å²) in [5, 5.41) is 0. The third kappa shape index (κ3) is 2.62. The van der Waals surface area contributed by atoms with Crippen LogP contribution in [0.2, 0.25) is 19.6 Å². The third-order valence-corrected chi connectivity index (χ3v) is 2.04. The predicted octanol–water partition coefficient (Wildman–Crippen LogP) is 2.00. The smallest absolute Gasteiger partial charge is 0.244 e. The average molecular weight is 182 g/mol. The van der Waals surface area contributed by atoms with E-state index in [9.17, 15) is 0 Å². The van der Waals surface area contributed by atoms with Gasteiger partial charge in [0.05, 0.1) is 5.69 Å². The predicted molar refractivity (Wildman–Crippen MR) is 50.7 cm³/mol. The lowest BCUT2D eigenvalue weighted by Crippen LogP contribution is -2.30. The molecule has 1 aromatic rings. The summed E-state index contributed by atoms with van der Waals surface area (Å²) >= 11 is 0. The average Bonchev–Trinajstić information content (AvgIpc) is 1.91. The zero-order valence-electron chi connectivity index (χ0n) is 7.96. The monoisotopic (exact) mass is 182 g/mol. The summed E-state index contributed by atoms with van der Waals surface area (Å²) in [5.41, 5.74) is 0.861. The van der Waals surface area contributed by atoms with E-state index in [0.29, 0.717) is 5.88 Å². The topological polar surface area (TPSA) is 35.0 Å². The second-order valence-corrected chi connectivity index (χ2v) is 8.09. The molecule has 0 amide bonds. The summed E-state index contributed by atoms with van der Waals surface area (Å²) in [5.74, 6) is 0.677. The number of hydrogen-bond donors (Lipinski definition) is 0. The van der Waals surface area contributed by atoms with Crippen LogP contribution in [0.3, 0.4) is 0 Å². The second kappa shape index (κ2) is 3.22. The third-order valence-electron chi connectivity index (χ3n) is 1.24. The summed E-state index contributed by atoms with van der Waals surface area (Å²) in [6.45, 7) is 8.28. The summed E-state index contributed by atoms with van der Waals surface area (Å²) in [7, 11) is -1.53. The van der Waals surface area contributed by atoms with E-state index >= 15 is 0 Å². The minimum atomic E-state index is -1.53. The van der Waals surface area contributed by atoms with Crippen LogP contribution in [0.1, 0.15) is 5.69 Å². The molecule has 4 heteroatoms. The van der Waals surface area contributed by atoms with Crippen molar-refractivity contribution >= 4 is 8.32 Å². The molecule has 12 heavy (non-hydrogen) atoms. The second-order valence-electron chi connectivity index (χ2n) is 3.66. The molecule has 0 N–H and O–H groups in total. The highest BCUT2D eigenvalue weighted by Gasteiger charge is 2.18. The van der Waals surface area contributed by atoms with Crippen LogP contribution >= 0.6 is 0 Å². The van der Waals surface area contributed by atoms with E-state index in [1.807, 2.05) is 6.92 Å². The fourth-order valence-electron chi connectivity index (χ4n) is 0.785. The van der Waals surface area contributed by atoms with Gasteiger partial charge in [0.25, 0.3) is 0 Å². The van der Waals surface area contributed by atoms with Gasteiger partial charge in [-0.2, -0.15) is 0 Å². The number of nitrogens with zero attached hydrogens (tertiary/aromatic N) is 2. The molecule has 1 aromatic heterocycles. The molecule has 0 bridgehead atoms. The van der Waals surface area contributed by atoms with Gasteiger partial charge < -0.3 is 4.43 Å². The molecule has 0 radical (unpaired) electrons. The Balaban J connectivity index is 2.83. The van der Waals surface area contributed by atoms with Gasteiger partial charge in [-0.3, -0.25) is 4.98 Å². The molecule has 0 fully saturated rings. The molecule has 1 heterocycles. The van der Waals surface area contributed by atoms with Crippen molar-refractivity contribution in [2.24, 2.45) is 0 Å². The highest BCUT2D eigenvalue weighted by molar-refractivity contribution is 6.70. The van der Waals surface area contributed by atoms with E-state index in [0.717, 1.165) is 5.69 Å². The van der Waals surface area contributed by atoms with Crippen LogP contribution in [0.15, 0.2) is 12.4 Å². The lowest BCUT2D eigenvalue weighted by molar-refractivity contribution is 0.524. The van der Waals surface area contributed by atoms with Crippen LogP contribution in [0.25, 0.3) is 0 Å². The molecule has 0 aromatic carbocycles. The molecule has 1 rings (SSSR count). The van der Waals surface area contributed by atoms with Crippen molar-refractivity contribution in [1.29, 1.82) is 0 Å². The van der Waals surface area contributed by atoms with E-state index in [1.165, 1.54) is 0 Å². The molecule has 66 valence electrons. The Morgan fingerprint density at radius 2 is 1.75 bits per heavy atom. The minimum absolute atomic E-state index is 0.677. The van der Waals surface area contributed by atoms with Gasteiger partial charge >= 0.3 is 0 Å². The van der Waals surface area contributed by atoms with E-state index in [4.69, 9.17) is 4.43 Å². The van der Waals surface area contributed by atoms with Gasteiger partial charge in [-0.15, -0.1) is 0 Å². The summed E-state index contributed by atoms with van der Waals surface area (Å²) in [6, 6.07) is 0. The van der Waals surface area contributed by atoms with Crippen LogP contribution < -0.4 is 4.43 Å². The highest BCUT2D eigenvalue weighted by atomic mass is 28.4. The first-order valence-electron chi connectivity index (χ1n) is 3.96. The maximum absolute atomic E-state index is 5.70. The number of aryl methyl sites for hydroxylation is 1. The standard InChI is InChI=1S/C8H14N2OSi/c1-7-8(10-6-5-9-7)11-12(2,3)4/h5-6H,1-4H3. The van der Waals surface area contributed by atoms with Crippen molar-refractivity contribution in [3.05, 3.63) is 18.1 Å². The van der Waals surface area contributed by atoms with Gasteiger partial charge in [0.15, 0.2) is 0 Å². The van der Waals surface area contributed by atoms with Crippen LogP contribution in [0.4, 0.5) is 0 Å². The Hall–Kier alpha value is -0.903. The summed E-state index contributed by atoms with van der Waals surface area (Å²) in [6.07, 6.45) is 3.33. The minimum Gasteiger partial charge on any atom is -0.530 e. The van der Waals surface area contributed by atoms with Crippen molar-refractivity contribution in [2.45, 2.75) is 26.6 Å². The van der Waals surface area contributed by atoms with Crippen LogP contribution in [-0.2, 0) is 0 Å². The van der Waals surface area contributed by atoms with Gasteiger partial charge in [-0.1, -0.05) is 0 Å². The maximum atomic E-state index is 5.70. The van der Waals surface area contributed by atoms with E-state index in [2.05, 4.69) is 29.6 Å². The molecule has 0 aliphatic heterocycles. The molecule has 0 saturated carbocycles. The molecule has 0 spiro atoms. The normalized spacial score (nSPS) is 11.3. The van der Waals surface area contributed by atoms with Gasteiger partial charge in [-0.05, 0) is 26.6 Å². The Bertz CT molecular complexity index is 270. The fourth-order valence-corrected chi connectivity index (χ4v) is 1.57. The Kier molecular flexibility index (Phi) is 2.47. The first-order valence-corrected chi connectivity index (χ1v) is 7.36. The lowest BCUT2D eigenvalue weighted by atomic mass is 10.5. The van der Waals surface area contributed by atoms with Crippen LogP contribution in [0.5, 0.6) is 5.88 Å². The molecule has 0 aliphatic rings. The first kappa shape index (κ1) is 9.19. The SMILES string of the molecule is Cc1nccnc1O[Si](C)(C)C. The van der Waals surface area contributed by atoms with E-state index < -0.39 is 8.32 Å². The van der Waals surface area contributed by atoms with Gasteiger partial charge in [-0.25, -0.2) is 4.98 Å². The first-order chi connectivity index (χ1) is 5.49. The molecular weight excluding hydrogens is 168 g/mol. The van der Waals surface area contributed by atoms with Gasteiger partial charge in [0.2, 0.25) is 14.2 Å². The summed E-state index contributed by atoms with van der Waals surface area (Å²) in [4.78, 5) is 8.21. The van der Waals surface area contributed by atoms with Crippen LogP contribution in [-0.4, -0.2) is 18.3 Å². The molecule has 0 saturated heterocycles. The Morgan fingerprint density at radius 3 is 2.25 bits per heavy atom. The van der Waals surface area contributed by atoms with Gasteiger partial charge in [0, 0.05) is 12.4 Å². The molecule has 0 unspecified atom stereocenters. The van der Waals surface area contributed by atoms with Crippen molar-refractivity contribution in [3.8, 4) is 5.88 Å². The van der Waals surface area contributed by atoms with Crippen molar-refractivity contribution in [1.82, 2.24) is 9.97 Å². The zero-order valence-corrected chi connectivity index (χ0v) is 8.96. The molecule has 0 aliphatic carbocycles. The van der Waals surface area contributed by atoms with Crippen LogP contribution in [0, 0.1) is 6.92 Å². The maximum Gasteiger partial charge on any atom is 0.244 e. The molecular formula is C8H14N2OSi. The Labute approximate surface area is 73.9 Å². The number of aromatic nitrogens is 2. The largest absolute Gasteiger partial charge is 0.530 e. The van der Waals surface area contributed by atoms with E-state index in [1.54, 1.807) is 12.4 Å². The fraction of sp³-hybridized carbons (Fsp3) is 0.500. The van der Waals surface area contributed by atoms with Crippen molar-refractivity contribution in [2.75, 3.05) is 0 Å². The highest BCUT2D eigenvalue weighted by Crippen LogP contribution is 2.14. The lowest BCUT2D eigenvalue weighted by Gasteiger charge is -2.18. The van der Waals surface area contributed by atoms with Crippen molar-refractivity contribution in [3.63, 3.8) is 0 Å². The number of hydrogen-bond acceptors (Lipinski definition) is 3. The Morgan fingerprint density at radius 1 is 1.17 bits per heavy atom. The quantitative estimate of drug-likeness (QED) is 0.656. The van der Waals surface area contributed by atoms with E-state index in [-0.39, 0.29) is 0 Å². The zero-order chi connectivity index (χ0) is 9.19.